The van der Waals surface area contributed by atoms with Crippen molar-refractivity contribution in [3.8, 4) is 0 Å². The van der Waals surface area contributed by atoms with Crippen LogP contribution in [0.5, 0.6) is 0 Å². The lowest BCUT2D eigenvalue weighted by atomic mass is 10.3. The summed E-state index contributed by atoms with van der Waals surface area (Å²) in [5.41, 5.74) is 15.9. The van der Waals surface area contributed by atoms with Crippen LogP contribution in [-0.4, -0.2) is 50.9 Å². The lowest BCUT2D eigenvalue weighted by molar-refractivity contribution is 0.479. The maximum atomic E-state index is 11.4. The highest BCUT2D eigenvalue weighted by Gasteiger charge is 2.20. The summed E-state index contributed by atoms with van der Waals surface area (Å²) < 4.78 is 63.5. The van der Waals surface area contributed by atoms with Crippen LogP contribution < -0.4 is 27.8 Å². The van der Waals surface area contributed by atoms with Crippen molar-refractivity contribution in [1.29, 1.82) is 0 Å². The minimum atomic E-state index is -4.75. The van der Waals surface area contributed by atoms with Gasteiger partial charge in [-0.3, -0.25) is 9.11 Å². The molecular formula is C12H19N7O6S2. The average molecular weight is 421 g/mol. The summed E-state index contributed by atoms with van der Waals surface area (Å²) in [6.07, 6.45) is 0. The molecule has 0 fully saturated rings. The van der Waals surface area contributed by atoms with Crippen LogP contribution in [0.25, 0.3) is 0 Å². The Morgan fingerprint density at radius 1 is 1.11 bits per heavy atom. The molecule has 0 heterocycles. The first-order valence-corrected chi connectivity index (χ1v) is 9.90. The SMILES string of the molecule is C=C(N=C(N)N=C(N)Nc1cc(S(=O)(=O)O)ccc1S(=O)(=O)O)NCCN. The summed E-state index contributed by atoms with van der Waals surface area (Å²) in [5.74, 6) is -0.712. The Kier molecular flexibility index (Phi) is 7.26. The second-order valence-electron chi connectivity index (χ2n) is 4.86. The van der Waals surface area contributed by atoms with Crippen molar-refractivity contribution in [2.24, 2.45) is 27.2 Å². The smallest absolute Gasteiger partial charge is 0.296 e. The summed E-state index contributed by atoms with van der Waals surface area (Å²) in [7, 11) is -9.39. The molecule has 0 bridgehead atoms. The summed E-state index contributed by atoms with van der Waals surface area (Å²) in [6.45, 7) is 4.24. The number of rotatable bonds is 7. The van der Waals surface area contributed by atoms with Crippen molar-refractivity contribution in [3.63, 3.8) is 0 Å². The molecule has 0 saturated carbocycles. The number of anilines is 1. The molecule has 13 nitrogen and oxygen atoms in total. The highest BCUT2D eigenvalue weighted by Crippen LogP contribution is 2.24. The number of hydrogen-bond donors (Lipinski definition) is 7. The fraction of sp³-hybridized carbons (Fsp3) is 0.167. The standard InChI is InChI=1S/C12H19N7O6S2/c1-7(16-5-4-13)17-11(14)19-12(15)18-9-6-8(26(20,21)22)2-3-10(9)27(23,24)25/h2-3,6,16H,1,4-5,13H2,(H,20,21,22)(H,23,24,25)(H5,14,15,17,18,19). The second kappa shape index (κ2) is 8.78. The molecule has 0 atom stereocenters. The van der Waals surface area contributed by atoms with E-state index in [1.807, 2.05) is 0 Å². The Hall–Kier alpha value is -2.72. The maximum Gasteiger partial charge on any atom is 0.296 e. The zero-order valence-corrected chi connectivity index (χ0v) is 15.5. The Morgan fingerprint density at radius 2 is 1.74 bits per heavy atom. The maximum absolute atomic E-state index is 11.4. The van der Waals surface area contributed by atoms with Crippen molar-refractivity contribution in [3.05, 3.63) is 30.6 Å². The normalized spacial score (nSPS) is 13.3. The molecule has 0 aliphatic rings. The van der Waals surface area contributed by atoms with E-state index >= 15 is 0 Å². The zero-order valence-electron chi connectivity index (χ0n) is 13.8. The van der Waals surface area contributed by atoms with Gasteiger partial charge in [0.05, 0.1) is 10.6 Å². The fourth-order valence-electron chi connectivity index (χ4n) is 1.70. The van der Waals surface area contributed by atoms with Crippen molar-refractivity contribution in [2.45, 2.75) is 9.79 Å². The molecule has 1 aromatic carbocycles. The number of hydrogen-bond acceptors (Lipinski definition) is 7. The first-order valence-electron chi connectivity index (χ1n) is 7.02. The van der Waals surface area contributed by atoms with Crippen LogP contribution in [0.4, 0.5) is 5.69 Å². The van der Waals surface area contributed by atoms with Gasteiger partial charge < -0.3 is 27.8 Å². The first kappa shape index (κ1) is 22.3. The van der Waals surface area contributed by atoms with Gasteiger partial charge in [0.1, 0.15) is 10.7 Å². The van der Waals surface area contributed by atoms with Crippen molar-refractivity contribution in [1.82, 2.24) is 5.32 Å². The van der Waals surface area contributed by atoms with E-state index < -0.39 is 41.7 Å². The molecule has 1 rings (SSSR count). The Balaban J connectivity index is 3.21. The minimum absolute atomic E-state index is 0.140. The van der Waals surface area contributed by atoms with Gasteiger partial charge >= 0.3 is 0 Å². The molecule has 10 N–H and O–H groups in total. The summed E-state index contributed by atoms with van der Waals surface area (Å²) in [4.78, 5) is 6.01. The van der Waals surface area contributed by atoms with Gasteiger partial charge in [-0.1, -0.05) is 6.58 Å². The Labute approximate surface area is 155 Å². The van der Waals surface area contributed by atoms with Gasteiger partial charge in [-0.05, 0) is 18.2 Å². The fourth-order valence-corrected chi connectivity index (χ4v) is 2.84. The van der Waals surface area contributed by atoms with E-state index in [2.05, 4.69) is 27.2 Å². The molecule has 0 aliphatic carbocycles. The number of benzene rings is 1. The van der Waals surface area contributed by atoms with E-state index in [0.29, 0.717) is 13.1 Å². The number of nitrogens with one attached hydrogen (secondary N) is 2. The molecule has 0 unspecified atom stereocenters. The molecule has 27 heavy (non-hydrogen) atoms. The van der Waals surface area contributed by atoms with Crippen LogP contribution >= 0.6 is 0 Å². The number of nitrogens with two attached hydrogens (primary N) is 3. The first-order chi connectivity index (χ1) is 12.3. The van der Waals surface area contributed by atoms with Crippen molar-refractivity contribution in [2.75, 3.05) is 18.4 Å². The number of guanidine groups is 2. The van der Waals surface area contributed by atoms with E-state index in [4.69, 9.17) is 21.8 Å². The Morgan fingerprint density at radius 3 is 2.26 bits per heavy atom. The minimum Gasteiger partial charge on any atom is -0.369 e. The molecular weight excluding hydrogens is 402 g/mol. The molecule has 1 aromatic rings. The van der Waals surface area contributed by atoms with Crippen LogP contribution in [0.1, 0.15) is 0 Å². The third-order valence-electron chi connectivity index (χ3n) is 2.75. The predicted molar refractivity (Wildman–Crippen MR) is 99.1 cm³/mol. The monoisotopic (exact) mass is 421 g/mol. The molecule has 0 saturated heterocycles. The average Bonchev–Trinajstić information content (AvgIpc) is 2.50. The van der Waals surface area contributed by atoms with E-state index in [1.54, 1.807) is 0 Å². The van der Waals surface area contributed by atoms with Gasteiger partial charge in [0.2, 0.25) is 11.9 Å². The van der Waals surface area contributed by atoms with Gasteiger partial charge in [0, 0.05) is 13.1 Å². The Bertz CT molecular complexity index is 985. The third-order valence-corrected chi connectivity index (χ3v) is 4.51. The molecule has 0 spiro atoms. The molecule has 15 heteroatoms. The van der Waals surface area contributed by atoms with Crippen LogP contribution in [0.2, 0.25) is 0 Å². The van der Waals surface area contributed by atoms with Crippen LogP contribution in [0.3, 0.4) is 0 Å². The number of aliphatic imine (C=N–C) groups is 2. The number of nitrogens with zero attached hydrogens (tertiary/aromatic N) is 2. The second-order valence-corrected chi connectivity index (χ2v) is 7.67. The van der Waals surface area contributed by atoms with Crippen LogP contribution in [0, 0.1) is 0 Å². The van der Waals surface area contributed by atoms with E-state index in [0.717, 1.165) is 18.2 Å². The van der Waals surface area contributed by atoms with Crippen molar-refractivity contribution < 1.29 is 25.9 Å². The summed E-state index contributed by atoms with van der Waals surface area (Å²) in [5, 5.41) is 4.97. The van der Waals surface area contributed by atoms with Crippen molar-refractivity contribution >= 4 is 37.8 Å². The van der Waals surface area contributed by atoms with Crippen LogP contribution in [0.15, 0.2) is 50.4 Å². The van der Waals surface area contributed by atoms with E-state index in [9.17, 15) is 21.4 Å². The van der Waals surface area contributed by atoms with E-state index in [1.165, 1.54) is 0 Å². The molecule has 0 radical (unpaired) electrons. The highest BCUT2D eigenvalue weighted by molar-refractivity contribution is 7.86. The van der Waals surface area contributed by atoms with E-state index in [-0.39, 0.29) is 11.8 Å². The van der Waals surface area contributed by atoms with Gasteiger partial charge in [-0.2, -0.15) is 26.8 Å². The summed E-state index contributed by atoms with van der Waals surface area (Å²) in [6, 6.07) is 2.26. The molecule has 0 amide bonds. The molecule has 0 aliphatic heterocycles. The third kappa shape index (κ3) is 7.19. The molecule has 0 aromatic heterocycles. The predicted octanol–water partition coefficient (Wildman–Crippen LogP) is -1.76. The highest BCUT2D eigenvalue weighted by atomic mass is 32.2. The lowest BCUT2D eigenvalue weighted by Crippen LogP contribution is -2.28. The van der Waals surface area contributed by atoms with Gasteiger partial charge in [-0.15, -0.1) is 0 Å². The lowest BCUT2D eigenvalue weighted by Gasteiger charge is -2.11. The summed E-state index contributed by atoms with van der Waals surface area (Å²) >= 11 is 0. The zero-order chi connectivity index (χ0) is 20.8. The largest absolute Gasteiger partial charge is 0.369 e. The van der Waals surface area contributed by atoms with Gasteiger partial charge in [-0.25, -0.2) is 0 Å². The van der Waals surface area contributed by atoms with Gasteiger partial charge in [0.15, 0.2) is 0 Å². The molecule has 150 valence electrons. The topological polar surface area (TPSA) is 236 Å². The van der Waals surface area contributed by atoms with Crippen LogP contribution in [-0.2, 0) is 20.2 Å². The van der Waals surface area contributed by atoms with Gasteiger partial charge in [0.25, 0.3) is 20.2 Å². The quantitative estimate of drug-likeness (QED) is 0.148.